The van der Waals surface area contributed by atoms with Crippen molar-refractivity contribution in [1.82, 2.24) is 0 Å². The number of ether oxygens (including phenoxy) is 1. The van der Waals surface area contributed by atoms with Gasteiger partial charge in [0.15, 0.2) is 0 Å². The van der Waals surface area contributed by atoms with Crippen LogP contribution < -0.4 is 10.6 Å². The highest BCUT2D eigenvalue weighted by Crippen LogP contribution is 2.27. The summed E-state index contributed by atoms with van der Waals surface area (Å²) in [6.45, 7) is 10.1. The quantitative estimate of drug-likeness (QED) is 0.634. The summed E-state index contributed by atoms with van der Waals surface area (Å²) < 4.78 is 5.92. The largest absolute Gasteiger partial charge is 0.384 e. The third-order valence-electron chi connectivity index (χ3n) is 3.43. The molecule has 0 amide bonds. The first-order chi connectivity index (χ1) is 8.78. The van der Waals surface area contributed by atoms with Crippen molar-refractivity contribution in [2.24, 2.45) is 5.73 Å². The molecule has 1 aliphatic heterocycles. The van der Waals surface area contributed by atoms with Crippen LogP contribution in [-0.4, -0.2) is 30.6 Å². The molecule has 4 nitrogen and oxygen atoms in total. The van der Waals surface area contributed by atoms with Crippen molar-refractivity contribution >= 4 is 11.5 Å². The van der Waals surface area contributed by atoms with Crippen LogP contribution in [-0.2, 0) is 4.74 Å². The molecule has 104 valence electrons. The molecule has 0 spiro atoms. The van der Waals surface area contributed by atoms with Crippen molar-refractivity contribution in [2.75, 3.05) is 18.0 Å². The van der Waals surface area contributed by atoms with Crippen molar-refractivity contribution in [3.8, 4) is 0 Å². The average molecular weight is 261 g/mol. The zero-order valence-electron chi connectivity index (χ0n) is 12.2. The lowest BCUT2D eigenvalue weighted by atomic mass is 10.0. The Balaban J connectivity index is 2.27. The summed E-state index contributed by atoms with van der Waals surface area (Å²) in [6, 6.07) is 6.07. The summed E-state index contributed by atoms with van der Waals surface area (Å²) in [5.41, 5.74) is 8.45. The first kappa shape index (κ1) is 13.9. The molecule has 0 saturated carbocycles. The molecule has 0 radical (unpaired) electrons. The van der Waals surface area contributed by atoms with Gasteiger partial charge in [-0.15, -0.1) is 0 Å². The third kappa shape index (κ3) is 3.07. The Hall–Kier alpha value is -1.55. The summed E-state index contributed by atoms with van der Waals surface area (Å²) in [7, 11) is 0. The molecule has 1 aromatic rings. The number of nitrogens with zero attached hydrogens (tertiary/aromatic N) is 1. The zero-order valence-corrected chi connectivity index (χ0v) is 12.2. The molecule has 1 unspecified atom stereocenters. The van der Waals surface area contributed by atoms with Crippen molar-refractivity contribution in [3.63, 3.8) is 0 Å². The monoisotopic (exact) mass is 261 g/mol. The highest BCUT2D eigenvalue weighted by Gasteiger charge is 2.31. The van der Waals surface area contributed by atoms with Crippen molar-refractivity contribution in [2.45, 2.75) is 39.4 Å². The SMILES string of the molecule is Cc1cc(N2CC(C)OC(C)(C)C2)ccc1C(=N)N. The molecule has 1 atom stereocenters. The summed E-state index contributed by atoms with van der Waals surface area (Å²) >= 11 is 0. The van der Waals surface area contributed by atoms with Gasteiger partial charge in [0, 0.05) is 24.3 Å². The Morgan fingerprint density at radius 2 is 2.16 bits per heavy atom. The minimum atomic E-state index is -0.134. The Morgan fingerprint density at radius 3 is 2.68 bits per heavy atom. The van der Waals surface area contributed by atoms with Crippen molar-refractivity contribution in [1.29, 1.82) is 5.41 Å². The predicted octanol–water partition coefficient (Wildman–Crippen LogP) is 2.28. The molecule has 19 heavy (non-hydrogen) atoms. The summed E-state index contributed by atoms with van der Waals surface area (Å²) in [4.78, 5) is 2.34. The van der Waals surface area contributed by atoms with E-state index >= 15 is 0 Å². The molecule has 1 aromatic carbocycles. The van der Waals surface area contributed by atoms with Crippen molar-refractivity contribution in [3.05, 3.63) is 29.3 Å². The standard InChI is InChI=1S/C15H23N3O/c1-10-7-12(5-6-13(10)14(16)17)18-8-11(2)19-15(3,4)9-18/h5-7,11H,8-9H2,1-4H3,(H3,16,17). The first-order valence-corrected chi connectivity index (χ1v) is 6.66. The number of morpholine rings is 1. The van der Waals surface area contributed by atoms with Gasteiger partial charge in [-0.25, -0.2) is 0 Å². The smallest absolute Gasteiger partial charge is 0.123 e. The van der Waals surface area contributed by atoms with Gasteiger partial charge in [-0.2, -0.15) is 0 Å². The number of nitrogen functional groups attached to an aromatic ring is 1. The van der Waals surface area contributed by atoms with Gasteiger partial charge >= 0.3 is 0 Å². The van der Waals surface area contributed by atoms with E-state index in [1.54, 1.807) is 0 Å². The van der Waals surface area contributed by atoms with E-state index in [-0.39, 0.29) is 17.5 Å². The molecule has 3 N–H and O–H groups in total. The Labute approximate surface area is 115 Å². The second-order valence-corrected chi connectivity index (χ2v) is 5.98. The van der Waals surface area contributed by atoms with E-state index in [0.29, 0.717) is 0 Å². The average Bonchev–Trinajstić information content (AvgIpc) is 2.25. The maximum atomic E-state index is 7.53. The minimum Gasteiger partial charge on any atom is -0.384 e. The lowest BCUT2D eigenvalue weighted by Crippen LogP contribution is -2.52. The van der Waals surface area contributed by atoms with Crippen LogP contribution >= 0.6 is 0 Å². The summed E-state index contributed by atoms with van der Waals surface area (Å²) in [5.74, 6) is 0.125. The van der Waals surface area contributed by atoms with Crippen LogP contribution in [0.3, 0.4) is 0 Å². The number of nitrogens with two attached hydrogens (primary N) is 1. The van der Waals surface area contributed by atoms with E-state index in [1.807, 2.05) is 19.1 Å². The highest BCUT2D eigenvalue weighted by molar-refractivity contribution is 5.96. The lowest BCUT2D eigenvalue weighted by Gasteiger charge is -2.43. The van der Waals surface area contributed by atoms with E-state index < -0.39 is 0 Å². The fourth-order valence-electron chi connectivity index (χ4n) is 2.80. The maximum absolute atomic E-state index is 7.53. The number of hydrogen-bond donors (Lipinski definition) is 2. The van der Waals surface area contributed by atoms with Gasteiger partial charge in [-0.05, 0) is 51.5 Å². The molecule has 0 aliphatic carbocycles. The Kier molecular flexibility index (Phi) is 3.54. The van der Waals surface area contributed by atoms with E-state index in [9.17, 15) is 0 Å². The van der Waals surface area contributed by atoms with Gasteiger partial charge < -0.3 is 15.4 Å². The molecule has 4 heteroatoms. The third-order valence-corrected chi connectivity index (χ3v) is 3.43. The second-order valence-electron chi connectivity index (χ2n) is 5.98. The first-order valence-electron chi connectivity index (χ1n) is 6.66. The number of nitrogens with one attached hydrogen (secondary N) is 1. The van der Waals surface area contributed by atoms with E-state index in [0.717, 1.165) is 24.2 Å². The van der Waals surface area contributed by atoms with Crippen LogP contribution in [0, 0.1) is 12.3 Å². The highest BCUT2D eigenvalue weighted by atomic mass is 16.5. The lowest BCUT2D eigenvalue weighted by molar-refractivity contribution is -0.0749. The number of amidine groups is 1. The molecule has 1 heterocycles. The number of aryl methyl sites for hydroxylation is 1. The fourth-order valence-corrected chi connectivity index (χ4v) is 2.80. The number of rotatable bonds is 2. The molecule has 1 saturated heterocycles. The van der Waals surface area contributed by atoms with E-state index in [1.165, 1.54) is 5.69 Å². The molecular weight excluding hydrogens is 238 g/mol. The number of hydrogen-bond acceptors (Lipinski definition) is 3. The van der Waals surface area contributed by atoms with Gasteiger partial charge in [0.05, 0.1) is 11.7 Å². The minimum absolute atomic E-state index is 0.125. The maximum Gasteiger partial charge on any atom is 0.123 e. The van der Waals surface area contributed by atoms with Crippen LogP contribution in [0.4, 0.5) is 5.69 Å². The second kappa shape index (κ2) is 4.85. The van der Waals surface area contributed by atoms with Crippen LogP contribution in [0.1, 0.15) is 31.9 Å². The van der Waals surface area contributed by atoms with Crippen LogP contribution in [0.15, 0.2) is 18.2 Å². The molecule has 1 fully saturated rings. The summed E-state index contributed by atoms with van der Waals surface area (Å²) in [6.07, 6.45) is 0.219. The van der Waals surface area contributed by atoms with Crippen LogP contribution in [0.5, 0.6) is 0 Å². The van der Waals surface area contributed by atoms with Gasteiger partial charge in [-0.1, -0.05) is 0 Å². The number of anilines is 1. The predicted molar refractivity (Wildman–Crippen MR) is 79.0 cm³/mol. The number of benzene rings is 1. The van der Waals surface area contributed by atoms with Gasteiger partial charge in [0.1, 0.15) is 5.84 Å². The topological polar surface area (TPSA) is 62.3 Å². The van der Waals surface area contributed by atoms with E-state index in [2.05, 4.69) is 31.7 Å². The molecule has 0 bridgehead atoms. The van der Waals surface area contributed by atoms with Crippen LogP contribution in [0.2, 0.25) is 0 Å². The van der Waals surface area contributed by atoms with E-state index in [4.69, 9.17) is 15.9 Å². The van der Waals surface area contributed by atoms with Crippen molar-refractivity contribution < 1.29 is 4.74 Å². The zero-order chi connectivity index (χ0) is 14.2. The summed E-state index contributed by atoms with van der Waals surface area (Å²) in [5, 5.41) is 7.53. The Morgan fingerprint density at radius 1 is 1.47 bits per heavy atom. The molecule has 0 aromatic heterocycles. The Bertz CT molecular complexity index is 496. The fraction of sp³-hybridized carbons (Fsp3) is 0.533. The van der Waals surface area contributed by atoms with Gasteiger partial charge in [0.25, 0.3) is 0 Å². The molecule has 2 rings (SSSR count). The normalized spacial score (nSPS) is 22.3. The van der Waals surface area contributed by atoms with Gasteiger partial charge in [-0.3, -0.25) is 5.41 Å². The molecular formula is C15H23N3O. The molecule has 1 aliphatic rings. The van der Waals surface area contributed by atoms with Gasteiger partial charge in [0.2, 0.25) is 0 Å². The van der Waals surface area contributed by atoms with Crippen LogP contribution in [0.25, 0.3) is 0 Å².